The van der Waals surface area contributed by atoms with E-state index in [1.54, 1.807) is 0 Å². The minimum Gasteiger partial charge on any atom is -0.319 e. The number of aromatic nitrogens is 3. The summed E-state index contributed by atoms with van der Waals surface area (Å²) < 4.78 is 2.15. The molecule has 2 aromatic heterocycles. The van der Waals surface area contributed by atoms with Gasteiger partial charge in [0.1, 0.15) is 11.6 Å². The molecule has 24 heavy (non-hydrogen) atoms. The van der Waals surface area contributed by atoms with E-state index in [-0.39, 0.29) is 5.56 Å². The molecule has 0 bridgehead atoms. The summed E-state index contributed by atoms with van der Waals surface area (Å²) in [5.74, 6) is 0. The van der Waals surface area contributed by atoms with E-state index >= 15 is 0 Å². The highest BCUT2D eigenvalue weighted by atomic mass is 32.2. The number of benzene rings is 1. The molecule has 3 rings (SSSR count). The van der Waals surface area contributed by atoms with E-state index in [1.165, 1.54) is 11.8 Å². The summed E-state index contributed by atoms with van der Waals surface area (Å²) in [5.41, 5.74) is 4.13. The van der Waals surface area contributed by atoms with E-state index in [4.69, 9.17) is 0 Å². The summed E-state index contributed by atoms with van der Waals surface area (Å²) in [7, 11) is 0. The third-order valence-corrected chi connectivity index (χ3v) is 4.45. The first-order valence-electron chi connectivity index (χ1n) is 7.39. The zero-order valence-corrected chi connectivity index (χ0v) is 14.4. The Balaban J connectivity index is 2.11. The van der Waals surface area contributed by atoms with E-state index in [2.05, 4.69) is 40.5 Å². The number of hydrogen-bond donors (Lipinski definition) is 1. The number of aromatic amines is 1. The molecule has 0 radical (unpaired) electrons. The summed E-state index contributed by atoms with van der Waals surface area (Å²) in [6.07, 6.45) is 1.83. The molecule has 0 atom stereocenters. The Morgan fingerprint density at radius 2 is 1.75 bits per heavy atom. The molecule has 5 nitrogen and oxygen atoms in total. The van der Waals surface area contributed by atoms with E-state index < -0.39 is 5.56 Å². The zero-order valence-electron chi connectivity index (χ0n) is 13.6. The van der Waals surface area contributed by atoms with Gasteiger partial charge < -0.3 is 9.55 Å². The van der Waals surface area contributed by atoms with Crippen LogP contribution in [0.4, 0.5) is 0 Å². The second-order valence-corrected chi connectivity index (χ2v) is 6.20. The van der Waals surface area contributed by atoms with Gasteiger partial charge in [-0.25, -0.2) is 4.98 Å². The molecule has 2 heterocycles. The third-order valence-electron chi connectivity index (χ3n) is 3.87. The van der Waals surface area contributed by atoms with Crippen molar-refractivity contribution in [3.05, 3.63) is 63.7 Å². The summed E-state index contributed by atoms with van der Waals surface area (Å²) >= 11 is 1.34. The van der Waals surface area contributed by atoms with Gasteiger partial charge in [-0.1, -0.05) is 23.9 Å². The fourth-order valence-corrected chi connectivity index (χ4v) is 3.08. The van der Waals surface area contributed by atoms with Crippen LogP contribution in [0.1, 0.15) is 17.0 Å². The summed E-state index contributed by atoms with van der Waals surface area (Å²) in [5, 5.41) is 9.78. The van der Waals surface area contributed by atoms with E-state index in [1.807, 2.05) is 36.6 Å². The van der Waals surface area contributed by atoms with Gasteiger partial charge in [-0.05, 0) is 44.4 Å². The smallest absolute Gasteiger partial charge is 0.270 e. The lowest BCUT2D eigenvalue weighted by Crippen LogP contribution is -2.14. The van der Waals surface area contributed by atoms with Crippen molar-refractivity contribution >= 4 is 11.8 Å². The van der Waals surface area contributed by atoms with Gasteiger partial charge in [0.2, 0.25) is 0 Å². The molecular formula is C18H16N4OS. The van der Waals surface area contributed by atoms with Crippen LogP contribution in [0.25, 0.3) is 16.9 Å². The molecule has 0 saturated heterocycles. The molecule has 0 unspecified atom stereocenters. The average molecular weight is 336 g/mol. The highest BCUT2D eigenvalue weighted by Gasteiger charge is 2.13. The number of hydrogen-bond acceptors (Lipinski definition) is 4. The molecule has 0 fully saturated rings. The molecule has 0 spiro atoms. The molecule has 0 aliphatic rings. The maximum atomic E-state index is 12.0. The van der Waals surface area contributed by atoms with Crippen molar-refractivity contribution in [2.24, 2.45) is 0 Å². The fraction of sp³-hybridized carbons (Fsp3) is 0.167. The number of thioether (sulfide) groups is 1. The molecule has 0 saturated carbocycles. The van der Waals surface area contributed by atoms with Crippen LogP contribution in [-0.2, 0) is 0 Å². The number of aryl methyl sites for hydroxylation is 2. The molecule has 1 aromatic carbocycles. The third kappa shape index (κ3) is 2.74. The van der Waals surface area contributed by atoms with Gasteiger partial charge in [-0.15, -0.1) is 0 Å². The number of rotatable bonds is 3. The van der Waals surface area contributed by atoms with Crippen LogP contribution in [-0.4, -0.2) is 20.8 Å². The Labute approximate surface area is 144 Å². The van der Waals surface area contributed by atoms with E-state index in [0.717, 1.165) is 22.6 Å². The first-order valence-corrected chi connectivity index (χ1v) is 8.61. The molecule has 0 aliphatic carbocycles. The van der Waals surface area contributed by atoms with Gasteiger partial charge >= 0.3 is 0 Å². The molecular weight excluding hydrogens is 320 g/mol. The van der Waals surface area contributed by atoms with Crippen LogP contribution in [0.3, 0.4) is 0 Å². The van der Waals surface area contributed by atoms with Crippen LogP contribution in [0, 0.1) is 25.2 Å². The first-order chi connectivity index (χ1) is 11.5. The Morgan fingerprint density at radius 1 is 1.12 bits per heavy atom. The highest BCUT2D eigenvalue weighted by molar-refractivity contribution is 7.98. The fourth-order valence-electron chi connectivity index (χ4n) is 2.71. The lowest BCUT2D eigenvalue weighted by molar-refractivity contribution is 0.936. The maximum Gasteiger partial charge on any atom is 0.270 e. The summed E-state index contributed by atoms with van der Waals surface area (Å²) in [4.78, 5) is 19.0. The molecule has 120 valence electrons. The second-order valence-electron chi connectivity index (χ2n) is 5.41. The number of nitrogens with zero attached hydrogens (tertiary/aromatic N) is 3. The van der Waals surface area contributed by atoms with Crippen LogP contribution in [0.2, 0.25) is 0 Å². The predicted molar refractivity (Wildman–Crippen MR) is 95.6 cm³/mol. The lowest BCUT2D eigenvalue weighted by Gasteiger charge is -2.11. The highest BCUT2D eigenvalue weighted by Crippen LogP contribution is 2.24. The van der Waals surface area contributed by atoms with Crippen molar-refractivity contribution < 1.29 is 0 Å². The Kier molecular flexibility index (Phi) is 4.28. The van der Waals surface area contributed by atoms with Gasteiger partial charge in [0.25, 0.3) is 5.56 Å². The standard InChI is InChI=1S/C18H16N4OS/c1-11-4-5-12(2)22(11)14-8-6-13(7-9-14)16-15(10-19)17(23)21-18(20-16)24-3/h4-9H,1-3H3,(H,20,21,23). The average Bonchev–Trinajstić information content (AvgIpc) is 2.93. The monoisotopic (exact) mass is 336 g/mol. The van der Waals surface area contributed by atoms with Crippen LogP contribution >= 0.6 is 11.8 Å². The lowest BCUT2D eigenvalue weighted by atomic mass is 10.1. The molecule has 6 heteroatoms. The van der Waals surface area contributed by atoms with Crippen molar-refractivity contribution in [2.75, 3.05) is 6.26 Å². The van der Waals surface area contributed by atoms with Crippen LogP contribution < -0.4 is 5.56 Å². The summed E-state index contributed by atoms with van der Waals surface area (Å²) in [6.45, 7) is 4.11. The normalized spacial score (nSPS) is 10.6. The van der Waals surface area contributed by atoms with E-state index in [9.17, 15) is 10.1 Å². The van der Waals surface area contributed by atoms with E-state index in [0.29, 0.717) is 10.9 Å². The largest absolute Gasteiger partial charge is 0.319 e. The van der Waals surface area contributed by atoms with Crippen LogP contribution in [0.15, 0.2) is 46.3 Å². The van der Waals surface area contributed by atoms with Crippen molar-refractivity contribution in [1.82, 2.24) is 14.5 Å². The van der Waals surface area contributed by atoms with Gasteiger partial charge in [0, 0.05) is 22.6 Å². The number of nitrogens with one attached hydrogen (secondary N) is 1. The SMILES string of the molecule is CSc1nc(-c2ccc(-n3c(C)ccc3C)cc2)c(C#N)c(=O)[nH]1. The minimum atomic E-state index is -0.409. The first kappa shape index (κ1) is 16.1. The predicted octanol–water partition coefficient (Wildman–Crippen LogP) is 3.44. The quantitative estimate of drug-likeness (QED) is 0.587. The van der Waals surface area contributed by atoms with Gasteiger partial charge in [-0.2, -0.15) is 5.26 Å². The Morgan fingerprint density at radius 3 is 2.29 bits per heavy atom. The van der Waals surface area contributed by atoms with Gasteiger partial charge in [0.05, 0.1) is 5.69 Å². The maximum absolute atomic E-state index is 12.0. The number of nitriles is 1. The van der Waals surface area contributed by atoms with Crippen molar-refractivity contribution in [2.45, 2.75) is 19.0 Å². The van der Waals surface area contributed by atoms with Crippen molar-refractivity contribution in [1.29, 1.82) is 5.26 Å². The van der Waals surface area contributed by atoms with Crippen molar-refractivity contribution in [3.63, 3.8) is 0 Å². The molecule has 0 amide bonds. The number of H-pyrrole nitrogens is 1. The Hall–Kier alpha value is -2.78. The second kappa shape index (κ2) is 6.38. The molecule has 0 aliphatic heterocycles. The molecule has 1 N–H and O–H groups in total. The van der Waals surface area contributed by atoms with Gasteiger partial charge in [0.15, 0.2) is 5.16 Å². The Bertz CT molecular complexity index is 974. The summed E-state index contributed by atoms with van der Waals surface area (Å²) in [6, 6.07) is 13.8. The zero-order chi connectivity index (χ0) is 17.3. The minimum absolute atomic E-state index is 0.0360. The molecule has 3 aromatic rings. The van der Waals surface area contributed by atoms with Crippen LogP contribution in [0.5, 0.6) is 0 Å². The van der Waals surface area contributed by atoms with Gasteiger partial charge in [-0.3, -0.25) is 4.79 Å². The topological polar surface area (TPSA) is 74.5 Å². The van der Waals surface area contributed by atoms with Crippen molar-refractivity contribution in [3.8, 4) is 23.0 Å².